The number of carbonyl (C=O) groups excluding carboxylic acids is 1. The maximum atomic E-state index is 11.6. The predicted octanol–water partition coefficient (Wildman–Crippen LogP) is 2.62. The first-order valence-corrected chi connectivity index (χ1v) is 5.71. The van der Waals surface area contributed by atoms with Crippen LogP contribution in [0.4, 0.5) is 4.79 Å². The van der Waals surface area contributed by atoms with Crippen LogP contribution in [-0.2, 0) is 4.74 Å². The number of ether oxygens (including phenoxy) is 1. The van der Waals surface area contributed by atoms with Crippen molar-refractivity contribution in [1.82, 2.24) is 4.90 Å². The van der Waals surface area contributed by atoms with E-state index in [0.29, 0.717) is 24.6 Å². The molecule has 1 fully saturated rings. The molecule has 14 heavy (non-hydrogen) atoms. The molecular formula is C10H18ClNO2. The molecule has 1 amide bonds. The van der Waals surface area contributed by atoms with Crippen LogP contribution in [0.15, 0.2) is 0 Å². The van der Waals surface area contributed by atoms with Crippen molar-refractivity contribution in [2.75, 3.05) is 12.5 Å². The third-order valence-electron chi connectivity index (χ3n) is 2.71. The highest BCUT2D eigenvalue weighted by atomic mass is 35.5. The Balaban J connectivity index is 2.49. The number of amides is 1. The Labute approximate surface area is 90.4 Å². The molecule has 1 saturated heterocycles. The summed E-state index contributed by atoms with van der Waals surface area (Å²) in [6, 6.07) is 0.586. The quantitative estimate of drug-likeness (QED) is 0.669. The Hall–Kier alpha value is -0.440. The SMILES string of the molecule is C[C@@H]1CCC[C@H](C)N1C(=O)OCCCl. The summed E-state index contributed by atoms with van der Waals surface area (Å²) in [5, 5.41) is 0. The molecule has 1 heterocycles. The van der Waals surface area contributed by atoms with Gasteiger partial charge in [-0.05, 0) is 33.1 Å². The molecule has 0 bridgehead atoms. The van der Waals surface area contributed by atoms with Crippen LogP contribution < -0.4 is 0 Å². The van der Waals surface area contributed by atoms with Gasteiger partial charge in [0.25, 0.3) is 0 Å². The van der Waals surface area contributed by atoms with Gasteiger partial charge in [-0.25, -0.2) is 4.79 Å². The normalized spacial score (nSPS) is 27.5. The monoisotopic (exact) mass is 219 g/mol. The average molecular weight is 220 g/mol. The summed E-state index contributed by atoms with van der Waals surface area (Å²) < 4.78 is 5.03. The third kappa shape index (κ3) is 2.77. The fourth-order valence-corrected chi connectivity index (χ4v) is 2.06. The molecule has 0 radical (unpaired) electrons. The van der Waals surface area contributed by atoms with Crippen LogP contribution in [0.1, 0.15) is 33.1 Å². The van der Waals surface area contributed by atoms with Crippen LogP contribution in [-0.4, -0.2) is 35.6 Å². The lowest BCUT2D eigenvalue weighted by Crippen LogP contribution is -2.47. The van der Waals surface area contributed by atoms with E-state index >= 15 is 0 Å². The van der Waals surface area contributed by atoms with Crippen LogP contribution in [0, 0.1) is 0 Å². The lowest BCUT2D eigenvalue weighted by Gasteiger charge is -2.37. The minimum atomic E-state index is -0.217. The van der Waals surface area contributed by atoms with E-state index in [9.17, 15) is 4.79 Å². The zero-order valence-electron chi connectivity index (χ0n) is 8.83. The van der Waals surface area contributed by atoms with E-state index < -0.39 is 0 Å². The molecule has 0 aliphatic carbocycles. The van der Waals surface area contributed by atoms with Gasteiger partial charge in [0, 0.05) is 12.1 Å². The van der Waals surface area contributed by atoms with Gasteiger partial charge >= 0.3 is 6.09 Å². The summed E-state index contributed by atoms with van der Waals surface area (Å²) in [5.41, 5.74) is 0. The van der Waals surface area contributed by atoms with Crippen LogP contribution in [0.3, 0.4) is 0 Å². The third-order valence-corrected chi connectivity index (χ3v) is 2.86. The van der Waals surface area contributed by atoms with E-state index in [0.717, 1.165) is 12.8 Å². The van der Waals surface area contributed by atoms with Gasteiger partial charge in [-0.15, -0.1) is 11.6 Å². The number of alkyl halides is 1. The van der Waals surface area contributed by atoms with E-state index in [4.69, 9.17) is 16.3 Å². The smallest absolute Gasteiger partial charge is 0.410 e. The summed E-state index contributed by atoms with van der Waals surface area (Å²) in [5.74, 6) is 0.363. The summed E-state index contributed by atoms with van der Waals surface area (Å²) >= 11 is 5.46. The molecule has 0 unspecified atom stereocenters. The van der Waals surface area contributed by atoms with Crippen molar-refractivity contribution in [3.05, 3.63) is 0 Å². The number of likely N-dealkylation sites (tertiary alicyclic amines) is 1. The van der Waals surface area contributed by atoms with Gasteiger partial charge in [0.1, 0.15) is 6.61 Å². The minimum absolute atomic E-state index is 0.217. The maximum Gasteiger partial charge on any atom is 0.410 e. The zero-order valence-corrected chi connectivity index (χ0v) is 9.59. The highest BCUT2D eigenvalue weighted by Gasteiger charge is 2.29. The summed E-state index contributed by atoms with van der Waals surface area (Å²) in [6.07, 6.45) is 3.12. The first kappa shape index (κ1) is 11.6. The van der Waals surface area contributed by atoms with Gasteiger partial charge < -0.3 is 9.64 Å². The van der Waals surface area contributed by atoms with Crippen molar-refractivity contribution < 1.29 is 9.53 Å². The number of hydrogen-bond donors (Lipinski definition) is 0. The lowest BCUT2D eigenvalue weighted by molar-refractivity contribution is 0.0589. The summed E-state index contributed by atoms with van der Waals surface area (Å²) in [6.45, 7) is 4.44. The first-order chi connectivity index (χ1) is 6.66. The Morgan fingerprint density at radius 3 is 2.50 bits per heavy atom. The van der Waals surface area contributed by atoms with Crippen LogP contribution in [0.2, 0.25) is 0 Å². The molecule has 0 aromatic heterocycles. The van der Waals surface area contributed by atoms with Gasteiger partial charge in [-0.2, -0.15) is 0 Å². The Morgan fingerprint density at radius 1 is 1.43 bits per heavy atom. The second kappa shape index (κ2) is 5.44. The number of rotatable bonds is 2. The lowest BCUT2D eigenvalue weighted by atomic mass is 9.98. The average Bonchev–Trinajstić information content (AvgIpc) is 2.14. The van der Waals surface area contributed by atoms with Crippen molar-refractivity contribution in [2.24, 2.45) is 0 Å². The Bertz CT molecular complexity index is 189. The molecule has 0 N–H and O–H groups in total. The minimum Gasteiger partial charge on any atom is -0.448 e. The van der Waals surface area contributed by atoms with Gasteiger partial charge in [0.05, 0.1) is 5.88 Å². The molecular weight excluding hydrogens is 202 g/mol. The van der Waals surface area contributed by atoms with Crippen molar-refractivity contribution >= 4 is 17.7 Å². The van der Waals surface area contributed by atoms with E-state index in [1.54, 1.807) is 0 Å². The van der Waals surface area contributed by atoms with Crippen molar-refractivity contribution in [3.63, 3.8) is 0 Å². The van der Waals surface area contributed by atoms with E-state index in [-0.39, 0.29) is 6.09 Å². The predicted molar refractivity (Wildman–Crippen MR) is 56.7 cm³/mol. The van der Waals surface area contributed by atoms with Crippen molar-refractivity contribution in [2.45, 2.75) is 45.2 Å². The topological polar surface area (TPSA) is 29.5 Å². The number of halogens is 1. The van der Waals surface area contributed by atoms with Gasteiger partial charge in [0.2, 0.25) is 0 Å². The molecule has 3 nitrogen and oxygen atoms in total. The molecule has 1 aliphatic heterocycles. The van der Waals surface area contributed by atoms with Gasteiger partial charge in [0.15, 0.2) is 0 Å². The van der Waals surface area contributed by atoms with Crippen LogP contribution >= 0.6 is 11.6 Å². The number of hydrogen-bond acceptors (Lipinski definition) is 2. The number of carbonyl (C=O) groups is 1. The largest absolute Gasteiger partial charge is 0.448 e. The summed E-state index contributed by atoms with van der Waals surface area (Å²) in [4.78, 5) is 13.5. The molecule has 1 aliphatic rings. The van der Waals surface area contributed by atoms with E-state index in [2.05, 4.69) is 13.8 Å². The van der Waals surface area contributed by atoms with Crippen LogP contribution in [0.5, 0.6) is 0 Å². The molecule has 4 heteroatoms. The van der Waals surface area contributed by atoms with Crippen molar-refractivity contribution in [3.8, 4) is 0 Å². The van der Waals surface area contributed by atoms with E-state index in [1.807, 2.05) is 4.90 Å². The molecule has 0 spiro atoms. The zero-order chi connectivity index (χ0) is 10.6. The molecule has 0 aromatic carbocycles. The standard InChI is InChI=1S/C10H18ClNO2/c1-8-4-3-5-9(2)12(8)10(13)14-7-6-11/h8-9H,3-7H2,1-2H3/t8-,9+. The molecule has 0 saturated carbocycles. The fraction of sp³-hybridized carbons (Fsp3) is 0.900. The second-order valence-corrected chi connectivity index (χ2v) is 4.22. The summed E-state index contributed by atoms with van der Waals surface area (Å²) in [7, 11) is 0. The highest BCUT2D eigenvalue weighted by Crippen LogP contribution is 2.22. The van der Waals surface area contributed by atoms with Gasteiger partial charge in [-0.1, -0.05) is 0 Å². The molecule has 1 rings (SSSR count). The molecule has 0 aromatic rings. The fourth-order valence-electron chi connectivity index (χ4n) is 1.98. The Morgan fingerprint density at radius 2 is 2.00 bits per heavy atom. The number of nitrogens with zero attached hydrogens (tertiary/aromatic N) is 1. The van der Waals surface area contributed by atoms with Crippen molar-refractivity contribution in [1.29, 1.82) is 0 Å². The Kier molecular flexibility index (Phi) is 4.52. The molecule has 2 atom stereocenters. The second-order valence-electron chi connectivity index (χ2n) is 3.84. The van der Waals surface area contributed by atoms with E-state index in [1.165, 1.54) is 6.42 Å². The number of piperidine rings is 1. The maximum absolute atomic E-state index is 11.6. The molecule has 82 valence electrons. The van der Waals surface area contributed by atoms with Gasteiger partial charge in [-0.3, -0.25) is 0 Å². The highest BCUT2D eigenvalue weighted by molar-refractivity contribution is 6.18. The van der Waals surface area contributed by atoms with Crippen LogP contribution in [0.25, 0.3) is 0 Å². The first-order valence-electron chi connectivity index (χ1n) is 5.18.